The molecule has 2 rings (SSSR count). The molecule has 0 spiro atoms. The number of hydrogen-bond donors (Lipinski definition) is 0. The van der Waals surface area contributed by atoms with Crippen LogP contribution in [0.4, 0.5) is 0 Å². The molecule has 0 radical (unpaired) electrons. The number of hydrogen-bond acceptors (Lipinski definition) is 0. The monoisotopic (exact) mass is 153 g/mol. The summed E-state index contributed by atoms with van der Waals surface area (Å²) in [6.07, 6.45) is 8.51. The molecule has 0 amide bonds. The Bertz CT molecular complexity index is 155. The summed E-state index contributed by atoms with van der Waals surface area (Å²) in [4.78, 5) is 0. The maximum absolute atomic E-state index is 7.89. The lowest BCUT2D eigenvalue weighted by atomic mass is 9.85. The molecule has 64 valence electrons. The summed E-state index contributed by atoms with van der Waals surface area (Å²) in [5, 5.41) is 0. The van der Waals surface area contributed by atoms with Crippen LogP contribution in [0.2, 0.25) is 0 Å². The van der Waals surface area contributed by atoms with E-state index in [4.69, 9.17) is 1.37 Å². The van der Waals surface area contributed by atoms with Gasteiger partial charge in [0.15, 0.2) is 0 Å². The van der Waals surface area contributed by atoms with E-state index in [0.29, 0.717) is 6.40 Å². The first-order valence-corrected chi connectivity index (χ1v) is 5.23. The minimum atomic E-state index is 0.311. The Hall–Kier alpha value is 0. The first-order valence-electron chi connectivity index (χ1n) is 5.81. The second-order valence-electron chi connectivity index (χ2n) is 4.37. The van der Waals surface area contributed by atoms with Gasteiger partial charge < -0.3 is 0 Å². The van der Waals surface area contributed by atoms with Gasteiger partial charge in [-0.05, 0) is 37.0 Å². The molecule has 2 aliphatic rings. The van der Waals surface area contributed by atoms with Crippen LogP contribution < -0.4 is 0 Å². The molecule has 0 nitrogen and oxygen atoms in total. The molecule has 2 fully saturated rings. The van der Waals surface area contributed by atoms with Crippen molar-refractivity contribution in [1.29, 1.82) is 0 Å². The van der Waals surface area contributed by atoms with E-state index >= 15 is 0 Å². The quantitative estimate of drug-likeness (QED) is 0.581. The zero-order valence-electron chi connectivity index (χ0n) is 8.55. The molecule has 4 atom stereocenters. The smallest absolute Gasteiger partial charge is 0.0270 e. The molecule has 0 N–H and O–H groups in total. The molecule has 0 aromatic rings. The van der Waals surface area contributed by atoms with Gasteiger partial charge in [0.25, 0.3) is 0 Å². The van der Waals surface area contributed by atoms with E-state index in [9.17, 15) is 0 Å². The SMILES string of the molecule is [2H]C1C[C@@H]2C[C@@H](CCCC)[C@H]1C2. The lowest BCUT2D eigenvalue weighted by Gasteiger charge is -2.20. The van der Waals surface area contributed by atoms with Crippen molar-refractivity contribution in [2.45, 2.75) is 51.8 Å². The first kappa shape index (κ1) is 6.51. The molecule has 1 unspecified atom stereocenters. The van der Waals surface area contributed by atoms with Crippen molar-refractivity contribution >= 4 is 0 Å². The maximum atomic E-state index is 7.89. The molecular weight excluding hydrogens is 132 g/mol. The topological polar surface area (TPSA) is 0 Å². The minimum Gasteiger partial charge on any atom is -0.0654 e. The summed E-state index contributed by atoms with van der Waals surface area (Å²) in [6, 6.07) is 0. The van der Waals surface area contributed by atoms with Crippen molar-refractivity contribution in [1.82, 2.24) is 0 Å². The molecular formula is C11H20. The van der Waals surface area contributed by atoms with E-state index in [1.807, 2.05) is 0 Å². The van der Waals surface area contributed by atoms with Gasteiger partial charge in [-0.1, -0.05) is 32.6 Å². The molecule has 2 aliphatic carbocycles. The second kappa shape index (κ2) is 3.16. The molecule has 2 saturated carbocycles. The minimum absolute atomic E-state index is 0.311. The van der Waals surface area contributed by atoms with Crippen molar-refractivity contribution in [3.05, 3.63) is 0 Å². The summed E-state index contributed by atoms with van der Waals surface area (Å²) in [5.41, 5.74) is 0. The summed E-state index contributed by atoms with van der Waals surface area (Å²) < 4.78 is 7.89. The fourth-order valence-corrected chi connectivity index (χ4v) is 2.92. The highest BCUT2D eigenvalue weighted by Gasteiger charge is 2.38. The second-order valence-corrected chi connectivity index (χ2v) is 4.37. The van der Waals surface area contributed by atoms with Gasteiger partial charge in [0.1, 0.15) is 0 Å². The zero-order valence-corrected chi connectivity index (χ0v) is 7.55. The first-order chi connectivity index (χ1) is 5.81. The van der Waals surface area contributed by atoms with Crippen LogP contribution in [0.1, 0.15) is 53.2 Å². The van der Waals surface area contributed by atoms with Crippen LogP contribution in [-0.2, 0) is 0 Å². The number of rotatable bonds is 3. The highest BCUT2D eigenvalue weighted by Crippen LogP contribution is 2.49. The van der Waals surface area contributed by atoms with Gasteiger partial charge >= 0.3 is 0 Å². The Morgan fingerprint density at radius 3 is 3.00 bits per heavy atom. The molecule has 0 heterocycles. The van der Waals surface area contributed by atoms with Gasteiger partial charge in [0, 0.05) is 1.37 Å². The molecule has 2 bridgehead atoms. The average Bonchev–Trinajstić information content (AvgIpc) is 2.58. The van der Waals surface area contributed by atoms with E-state index < -0.39 is 0 Å². The molecule has 0 heteroatoms. The van der Waals surface area contributed by atoms with E-state index in [2.05, 4.69) is 6.92 Å². The highest BCUT2D eigenvalue weighted by molar-refractivity contribution is 4.89. The highest BCUT2D eigenvalue weighted by atomic mass is 14.4. The fraction of sp³-hybridized carbons (Fsp3) is 1.00. The Kier molecular flexibility index (Phi) is 1.87. The van der Waals surface area contributed by atoms with E-state index in [0.717, 1.165) is 17.8 Å². The van der Waals surface area contributed by atoms with Gasteiger partial charge in [0.2, 0.25) is 0 Å². The molecule has 0 saturated heterocycles. The van der Waals surface area contributed by atoms with Crippen LogP contribution in [0.25, 0.3) is 0 Å². The van der Waals surface area contributed by atoms with Crippen LogP contribution in [0.15, 0.2) is 0 Å². The fourth-order valence-electron chi connectivity index (χ4n) is 2.92. The predicted molar refractivity (Wildman–Crippen MR) is 48.5 cm³/mol. The molecule has 0 aromatic carbocycles. The molecule has 11 heavy (non-hydrogen) atoms. The van der Waals surface area contributed by atoms with Gasteiger partial charge in [-0.15, -0.1) is 0 Å². The Labute approximate surface area is 71.8 Å². The van der Waals surface area contributed by atoms with Gasteiger partial charge in [-0.3, -0.25) is 0 Å². The van der Waals surface area contributed by atoms with Crippen LogP contribution >= 0.6 is 0 Å². The van der Waals surface area contributed by atoms with Crippen LogP contribution in [0.3, 0.4) is 0 Å². The van der Waals surface area contributed by atoms with Crippen molar-refractivity contribution in [3.8, 4) is 0 Å². The van der Waals surface area contributed by atoms with E-state index in [1.54, 1.807) is 0 Å². The van der Waals surface area contributed by atoms with Crippen molar-refractivity contribution in [2.75, 3.05) is 0 Å². The van der Waals surface area contributed by atoms with Crippen molar-refractivity contribution < 1.29 is 1.37 Å². The predicted octanol–water partition coefficient (Wildman–Crippen LogP) is 3.61. The standard InChI is InChI=1S/C11H20/c1-2-3-4-10-7-9-5-6-11(10)8-9/h9-11H,2-8H2,1H3/t9-,10-,11-/m1/s1/i6D/t6?,9-,10-,11-. The molecule has 0 aromatic heterocycles. The van der Waals surface area contributed by atoms with Crippen molar-refractivity contribution in [3.63, 3.8) is 0 Å². The van der Waals surface area contributed by atoms with Crippen molar-refractivity contribution in [2.24, 2.45) is 17.8 Å². The molecule has 0 aliphatic heterocycles. The Morgan fingerprint density at radius 2 is 2.36 bits per heavy atom. The van der Waals surface area contributed by atoms with Crippen LogP contribution in [-0.4, -0.2) is 0 Å². The summed E-state index contributed by atoms with van der Waals surface area (Å²) in [5.74, 6) is 2.67. The number of unbranched alkanes of at least 4 members (excludes halogenated alkanes) is 1. The Balaban J connectivity index is 1.85. The summed E-state index contributed by atoms with van der Waals surface area (Å²) in [7, 11) is 0. The lowest BCUT2D eigenvalue weighted by Crippen LogP contribution is -2.09. The van der Waals surface area contributed by atoms with E-state index in [-0.39, 0.29) is 0 Å². The Morgan fingerprint density at radius 1 is 1.45 bits per heavy atom. The zero-order chi connectivity index (χ0) is 8.55. The van der Waals surface area contributed by atoms with E-state index in [1.165, 1.54) is 38.5 Å². The largest absolute Gasteiger partial charge is 0.0654 e. The summed E-state index contributed by atoms with van der Waals surface area (Å²) >= 11 is 0. The maximum Gasteiger partial charge on any atom is 0.0270 e. The van der Waals surface area contributed by atoms with Crippen LogP contribution in [0, 0.1) is 17.8 Å². The third-order valence-electron chi connectivity index (χ3n) is 3.55. The third-order valence-corrected chi connectivity index (χ3v) is 3.55. The van der Waals surface area contributed by atoms with Gasteiger partial charge in [0.05, 0.1) is 0 Å². The lowest BCUT2D eigenvalue weighted by molar-refractivity contribution is 0.307. The van der Waals surface area contributed by atoms with Gasteiger partial charge in [-0.25, -0.2) is 0 Å². The van der Waals surface area contributed by atoms with Crippen LogP contribution in [0.5, 0.6) is 0 Å². The number of fused-ring (bicyclic) bond motifs is 2. The summed E-state index contributed by atoms with van der Waals surface area (Å²) in [6.45, 7) is 2.27. The normalized spacial score (nSPS) is 49.7. The average molecular weight is 153 g/mol. The third kappa shape index (κ3) is 1.45. The van der Waals surface area contributed by atoms with Gasteiger partial charge in [-0.2, -0.15) is 0 Å².